The van der Waals surface area contributed by atoms with Crippen molar-refractivity contribution in [3.05, 3.63) is 69.8 Å². The van der Waals surface area contributed by atoms with Gasteiger partial charge >= 0.3 is 5.97 Å². The second-order valence-electron chi connectivity index (χ2n) is 10.6. The molecule has 2 aromatic carbocycles. The molecule has 0 unspecified atom stereocenters. The first-order valence-electron chi connectivity index (χ1n) is 11.4. The van der Waals surface area contributed by atoms with Crippen molar-refractivity contribution >= 4 is 34.1 Å². The average molecular weight is 513 g/mol. The van der Waals surface area contributed by atoms with Crippen molar-refractivity contribution in [1.82, 2.24) is 0 Å². The quantitative estimate of drug-likeness (QED) is 0.262. The zero-order chi connectivity index (χ0) is 24.2. The molecular weight excluding hydrogens is 480 g/mol. The number of carbonyl (C=O) groups excluding carboxylic acids is 1. The molecule has 1 heterocycles. The number of alkyl halides is 1. The number of fused-ring (bicyclic) bond motifs is 2. The number of carbonyl (C=O) groups is 1. The van der Waals surface area contributed by atoms with Gasteiger partial charge < -0.3 is 14.2 Å². The van der Waals surface area contributed by atoms with E-state index in [0.717, 1.165) is 10.9 Å². The van der Waals surface area contributed by atoms with Crippen LogP contribution in [-0.2, 0) is 30.4 Å². The van der Waals surface area contributed by atoms with Gasteiger partial charge in [-0.3, -0.25) is 0 Å². The fraction of sp³-hybridized carbons (Fsp3) is 0.464. The number of hydrogen-bond acceptors (Lipinski definition) is 4. The third-order valence-electron chi connectivity index (χ3n) is 7.12. The Morgan fingerprint density at radius 1 is 0.939 bits per heavy atom. The number of ether oxygens (including phenoxy) is 3. The smallest absolute Gasteiger partial charge is 0.337 e. The fourth-order valence-corrected chi connectivity index (χ4v) is 5.64. The van der Waals surface area contributed by atoms with E-state index in [4.69, 9.17) is 14.2 Å². The highest BCUT2D eigenvalue weighted by Gasteiger charge is 2.59. The van der Waals surface area contributed by atoms with Crippen LogP contribution in [-0.4, -0.2) is 31.1 Å². The van der Waals surface area contributed by atoms with Crippen LogP contribution in [0.15, 0.2) is 36.4 Å². The molecule has 1 saturated heterocycles. The number of benzene rings is 2. The molecule has 4 nitrogen and oxygen atoms in total. The molecule has 33 heavy (non-hydrogen) atoms. The minimum atomic E-state index is -0.594. The Morgan fingerprint density at radius 2 is 1.48 bits per heavy atom. The monoisotopic (exact) mass is 512 g/mol. The summed E-state index contributed by atoms with van der Waals surface area (Å²) in [5.74, 6) is -0.922. The summed E-state index contributed by atoms with van der Waals surface area (Å²) in [4.78, 5) is 11.7. The number of esters is 1. The third kappa shape index (κ3) is 4.20. The standard InChI is InChI=1S/C28H33BrO4/c1-26(2)21-14-19(13-10-17-8-11-18(12-9-17)25(30)31-7)20(16-29)15-22(21)27(3,4)24-23(26)32-28(5,6)33-24/h8-15,23-24H,16H2,1-7H3/b13-10+/t23-,24-/m1/s1. The van der Waals surface area contributed by atoms with Gasteiger partial charge in [0.05, 0.1) is 24.9 Å². The zero-order valence-corrected chi connectivity index (χ0v) is 22.1. The van der Waals surface area contributed by atoms with Crippen molar-refractivity contribution < 1.29 is 19.0 Å². The lowest BCUT2D eigenvalue weighted by atomic mass is 9.59. The molecule has 0 radical (unpaired) electrons. The summed E-state index contributed by atoms with van der Waals surface area (Å²) in [5, 5.41) is 0.759. The molecule has 0 saturated carbocycles. The van der Waals surface area contributed by atoms with Gasteiger partial charge in [-0.05, 0) is 53.8 Å². The third-order valence-corrected chi connectivity index (χ3v) is 7.72. The molecule has 2 atom stereocenters. The van der Waals surface area contributed by atoms with Gasteiger partial charge in [-0.25, -0.2) is 4.79 Å². The number of halogens is 1. The van der Waals surface area contributed by atoms with Crippen LogP contribution in [0, 0.1) is 0 Å². The molecule has 2 aromatic rings. The Balaban J connectivity index is 1.75. The summed E-state index contributed by atoms with van der Waals surface area (Å²) < 4.78 is 17.6. The average Bonchev–Trinajstić information content (AvgIpc) is 3.13. The van der Waals surface area contributed by atoms with E-state index in [-0.39, 0.29) is 29.0 Å². The summed E-state index contributed by atoms with van der Waals surface area (Å²) in [6.07, 6.45) is 4.20. The van der Waals surface area contributed by atoms with Gasteiger partial charge in [0.2, 0.25) is 0 Å². The first kappa shape index (κ1) is 24.2. The number of hydrogen-bond donors (Lipinski definition) is 0. The predicted molar refractivity (Wildman–Crippen MR) is 136 cm³/mol. The van der Waals surface area contributed by atoms with Crippen molar-refractivity contribution in [3.8, 4) is 0 Å². The lowest BCUT2D eigenvalue weighted by Gasteiger charge is -2.48. The van der Waals surface area contributed by atoms with Crippen LogP contribution < -0.4 is 0 Å². The first-order valence-corrected chi connectivity index (χ1v) is 12.5. The van der Waals surface area contributed by atoms with Crippen LogP contribution in [0.1, 0.15) is 79.7 Å². The summed E-state index contributed by atoms with van der Waals surface area (Å²) in [6, 6.07) is 12.1. The van der Waals surface area contributed by atoms with Crippen molar-refractivity contribution in [1.29, 1.82) is 0 Å². The highest BCUT2D eigenvalue weighted by molar-refractivity contribution is 9.08. The molecule has 1 fully saturated rings. The van der Waals surface area contributed by atoms with Crippen molar-refractivity contribution in [2.24, 2.45) is 0 Å². The molecule has 1 aliphatic heterocycles. The Morgan fingerprint density at radius 3 is 2.00 bits per heavy atom. The normalized spacial score (nSPS) is 24.4. The highest BCUT2D eigenvalue weighted by atomic mass is 79.9. The van der Waals surface area contributed by atoms with Crippen molar-refractivity contribution in [2.45, 2.75) is 75.7 Å². The summed E-state index contributed by atoms with van der Waals surface area (Å²) >= 11 is 3.70. The van der Waals surface area contributed by atoms with E-state index < -0.39 is 5.79 Å². The van der Waals surface area contributed by atoms with Gasteiger partial charge in [0.15, 0.2) is 5.79 Å². The molecule has 5 heteroatoms. The van der Waals surface area contributed by atoms with Crippen LogP contribution in [0.2, 0.25) is 0 Å². The largest absolute Gasteiger partial charge is 0.465 e. The van der Waals surface area contributed by atoms with Gasteiger partial charge in [0.25, 0.3) is 0 Å². The Labute approximate surface area is 205 Å². The molecule has 1 aliphatic carbocycles. The first-order chi connectivity index (χ1) is 15.4. The second kappa shape index (κ2) is 8.37. The lowest BCUT2D eigenvalue weighted by molar-refractivity contribution is -0.153. The van der Waals surface area contributed by atoms with Crippen LogP contribution in [0.25, 0.3) is 12.2 Å². The van der Waals surface area contributed by atoms with Gasteiger partial charge in [-0.2, -0.15) is 0 Å². The van der Waals surface area contributed by atoms with E-state index in [1.54, 1.807) is 12.1 Å². The number of rotatable bonds is 4. The van der Waals surface area contributed by atoms with Crippen LogP contribution >= 0.6 is 15.9 Å². The predicted octanol–water partition coefficient (Wildman–Crippen LogP) is 6.63. The van der Waals surface area contributed by atoms with Gasteiger partial charge in [-0.1, -0.05) is 80.0 Å². The Bertz CT molecular complexity index is 1100. The summed E-state index contributed by atoms with van der Waals surface area (Å²) in [7, 11) is 1.39. The lowest BCUT2D eigenvalue weighted by Crippen LogP contribution is -2.54. The molecule has 4 rings (SSSR count). The highest BCUT2D eigenvalue weighted by Crippen LogP contribution is 2.54. The van der Waals surface area contributed by atoms with Crippen LogP contribution in [0.4, 0.5) is 0 Å². The van der Waals surface area contributed by atoms with Crippen molar-refractivity contribution in [2.75, 3.05) is 7.11 Å². The minimum Gasteiger partial charge on any atom is -0.465 e. The molecule has 0 amide bonds. The molecule has 0 spiro atoms. The minimum absolute atomic E-state index is 0.00658. The topological polar surface area (TPSA) is 44.8 Å². The van der Waals surface area contributed by atoms with Crippen molar-refractivity contribution in [3.63, 3.8) is 0 Å². The van der Waals surface area contributed by atoms with E-state index in [0.29, 0.717) is 5.56 Å². The Kier molecular flexibility index (Phi) is 6.13. The van der Waals surface area contributed by atoms with E-state index in [1.165, 1.54) is 29.4 Å². The van der Waals surface area contributed by atoms with E-state index in [2.05, 4.69) is 67.9 Å². The SMILES string of the molecule is COC(=O)c1ccc(/C=C/c2cc3c(cc2CBr)C(C)(C)[C@@H]2OC(C)(C)O[C@H]2C3(C)C)cc1. The maximum absolute atomic E-state index is 11.7. The zero-order valence-electron chi connectivity index (χ0n) is 20.5. The molecule has 0 N–H and O–H groups in total. The fourth-order valence-electron chi connectivity index (χ4n) is 5.15. The molecule has 2 aliphatic rings. The number of methoxy groups -OCH3 is 1. The van der Waals surface area contributed by atoms with E-state index in [9.17, 15) is 4.79 Å². The summed E-state index contributed by atoms with van der Waals surface area (Å²) in [6.45, 7) is 13.1. The van der Waals surface area contributed by atoms with Crippen LogP contribution in [0.5, 0.6) is 0 Å². The second-order valence-corrected chi connectivity index (χ2v) is 11.2. The maximum Gasteiger partial charge on any atom is 0.337 e. The molecule has 0 aromatic heterocycles. The Hall–Kier alpha value is -1.95. The summed E-state index contributed by atoms with van der Waals surface area (Å²) in [5.41, 5.74) is 6.23. The van der Waals surface area contributed by atoms with Gasteiger partial charge in [0, 0.05) is 16.2 Å². The van der Waals surface area contributed by atoms with Gasteiger partial charge in [0.1, 0.15) is 0 Å². The van der Waals surface area contributed by atoms with E-state index in [1.807, 2.05) is 26.0 Å². The molecule has 176 valence electrons. The van der Waals surface area contributed by atoms with Gasteiger partial charge in [-0.15, -0.1) is 0 Å². The van der Waals surface area contributed by atoms with Crippen LogP contribution in [0.3, 0.4) is 0 Å². The maximum atomic E-state index is 11.7. The van der Waals surface area contributed by atoms with E-state index >= 15 is 0 Å². The molecular formula is C28H33BrO4. The molecule has 0 bridgehead atoms.